The van der Waals surface area contributed by atoms with Gasteiger partial charge in [-0.15, -0.1) is 0 Å². The third-order valence-electron chi connectivity index (χ3n) is 2.70. The van der Waals surface area contributed by atoms with Crippen LogP contribution >= 0.6 is 15.9 Å². The van der Waals surface area contributed by atoms with E-state index in [1.807, 2.05) is 13.8 Å². The van der Waals surface area contributed by atoms with E-state index in [-0.39, 0.29) is 11.5 Å². The van der Waals surface area contributed by atoms with Crippen LogP contribution in [-0.2, 0) is 0 Å². The molecule has 2 unspecified atom stereocenters. The van der Waals surface area contributed by atoms with E-state index >= 15 is 0 Å². The molecule has 0 aliphatic rings. The number of halogens is 3. The number of hydrogen-bond acceptors (Lipinski definition) is 1. The van der Waals surface area contributed by atoms with Gasteiger partial charge in [-0.25, -0.2) is 8.78 Å². The molecule has 0 radical (unpaired) electrons. The van der Waals surface area contributed by atoms with E-state index in [9.17, 15) is 13.9 Å². The molecule has 0 amide bonds. The highest BCUT2D eigenvalue weighted by molar-refractivity contribution is 9.10. The van der Waals surface area contributed by atoms with Crippen LogP contribution in [0.3, 0.4) is 0 Å². The highest BCUT2D eigenvalue weighted by atomic mass is 79.9. The Balaban J connectivity index is 2.95. The lowest BCUT2D eigenvalue weighted by Crippen LogP contribution is -2.08. The van der Waals surface area contributed by atoms with Crippen LogP contribution in [0.15, 0.2) is 16.6 Å². The van der Waals surface area contributed by atoms with Crippen molar-refractivity contribution in [1.29, 1.82) is 0 Å². The van der Waals surface area contributed by atoms with Gasteiger partial charge in [0.15, 0.2) is 0 Å². The van der Waals surface area contributed by atoms with E-state index < -0.39 is 17.7 Å². The van der Waals surface area contributed by atoms with Gasteiger partial charge >= 0.3 is 0 Å². The zero-order valence-electron chi connectivity index (χ0n) is 9.30. The fourth-order valence-corrected chi connectivity index (χ4v) is 1.94. The van der Waals surface area contributed by atoms with E-state index in [1.165, 1.54) is 0 Å². The molecule has 4 heteroatoms. The first-order valence-electron chi connectivity index (χ1n) is 5.28. The third kappa shape index (κ3) is 3.25. The van der Waals surface area contributed by atoms with Crippen LogP contribution in [0, 0.1) is 17.6 Å². The van der Waals surface area contributed by atoms with Crippen molar-refractivity contribution >= 4 is 15.9 Å². The van der Waals surface area contributed by atoms with Crippen molar-refractivity contribution in [3.05, 3.63) is 33.8 Å². The molecule has 0 saturated carbocycles. The summed E-state index contributed by atoms with van der Waals surface area (Å²) in [7, 11) is 0. The van der Waals surface area contributed by atoms with Gasteiger partial charge in [-0.2, -0.15) is 0 Å². The summed E-state index contributed by atoms with van der Waals surface area (Å²) < 4.78 is 27.3. The van der Waals surface area contributed by atoms with Gasteiger partial charge in [0, 0.05) is 4.47 Å². The highest BCUT2D eigenvalue weighted by Crippen LogP contribution is 2.29. The summed E-state index contributed by atoms with van der Waals surface area (Å²) in [6.07, 6.45) is 0.158. The molecule has 0 aromatic heterocycles. The molecule has 1 rings (SSSR count). The van der Waals surface area contributed by atoms with Gasteiger partial charge < -0.3 is 5.11 Å². The molecule has 16 heavy (non-hydrogen) atoms. The molecular weight excluding hydrogens is 278 g/mol. The summed E-state index contributed by atoms with van der Waals surface area (Å²) in [4.78, 5) is 0. The lowest BCUT2D eigenvalue weighted by Gasteiger charge is -2.16. The van der Waals surface area contributed by atoms with E-state index in [4.69, 9.17) is 0 Å². The Morgan fingerprint density at radius 1 is 1.31 bits per heavy atom. The Kier molecular flexibility index (Phi) is 4.87. The molecular formula is C12H15BrF2O. The van der Waals surface area contributed by atoms with Crippen LogP contribution in [0.25, 0.3) is 0 Å². The second kappa shape index (κ2) is 5.73. The maximum absolute atomic E-state index is 13.5. The quantitative estimate of drug-likeness (QED) is 0.882. The Bertz CT molecular complexity index is 345. The molecule has 2 atom stereocenters. The second-order valence-electron chi connectivity index (χ2n) is 4.05. The minimum atomic E-state index is -1.08. The fourth-order valence-electron chi connectivity index (χ4n) is 1.54. The van der Waals surface area contributed by atoms with Crippen LogP contribution in [0.4, 0.5) is 8.78 Å². The third-order valence-corrected chi connectivity index (χ3v) is 3.16. The van der Waals surface area contributed by atoms with Crippen molar-refractivity contribution < 1.29 is 13.9 Å². The zero-order valence-corrected chi connectivity index (χ0v) is 10.9. The van der Waals surface area contributed by atoms with Crippen molar-refractivity contribution in [2.45, 2.75) is 32.8 Å². The molecule has 1 aromatic rings. The molecule has 0 aliphatic carbocycles. The van der Waals surface area contributed by atoms with Crippen LogP contribution in [0.1, 0.15) is 38.4 Å². The average Bonchev–Trinajstić information content (AvgIpc) is 2.15. The second-order valence-corrected chi connectivity index (χ2v) is 4.96. The maximum Gasteiger partial charge on any atom is 0.133 e. The zero-order chi connectivity index (χ0) is 12.3. The molecule has 90 valence electrons. The summed E-state index contributed by atoms with van der Waals surface area (Å²) >= 11 is 3.00. The molecule has 0 fully saturated rings. The van der Waals surface area contributed by atoms with Crippen molar-refractivity contribution in [3.63, 3.8) is 0 Å². The predicted molar refractivity (Wildman–Crippen MR) is 63.1 cm³/mol. The SMILES string of the molecule is CCC(C)CC(O)c1c(F)cc(Br)cc1F. The van der Waals surface area contributed by atoms with Crippen molar-refractivity contribution in [3.8, 4) is 0 Å². The van der Waals surface area contributed by atoms with E-state index in [1.54, 1.807) is 0 Å². The first-order valence-corrected chi connectivity index (χ1v) is 6.07. The molecule has 0 saturated heterocycles. The molecule has 0 spiro atoms. The summed E-state index contributed by atoms with van der Waals surface area (Å²) in [6, 6.07) is 2.33. The molecule has 1 N–H and O–H groups in total. The number of aliphatic hydroxyl groups is 1. The number of rotatable bonds is 4. The van der Waals surface area contributed by atoms with Gasteiger partial charge in [-0.05, 0) is 24.5 Å². The summed E-state index contributed by atoms with van der Waals surface area (Å²) in [5.41, 5.74) is -0.233. The van der Waals surface area contributed by atoms with Crippen molar-refractivity contribution in [2.75, 3.05) is 0 Å². The Morgan fingerprint density at radius 3 is 2.25 bits per heavy atom. The first kappa shape index (κ1) is 13.6. The molecule has 0 aliphatic heterocycles. The van der Waals surface area contributed by atoms with Crippen LogP contribution in [0.5, 0.6) is 0 Å². The fraction of sp³-hybridized carbons (Fsp3) is 0.500. The Hall–Kier alpha value is -0.480. The Morgan fingerprint density at radius 2 is 1.81 bits per heavy atom. The molecule has 0 bridgehead atoms. The maximum atomic E-state index is 13.5. The highest BCUT2D eigenvalue weighted by Gasteiger charge is 2.20. The summed E-state index contributed by atoms with van der Waals surface area (Å²) in [5, 5.41) is 9.78. The van der Waals surface area contributed by atoms with E-state index in [0.29, 0.717) is 10.9 Å². The predicted octanol–water partition coefficient (Wildman–Crippen LogP) is 4.20. The normalized spacial score (nSPS) is 14.9. The lowest BCUT2D eigenvalue weighted by atomic mass is 9.96. The number of benzene rings is 1. The summed E-state index contributed by atoms with van der Waals surface area (Å²) in [6.45, 7) is 3.92. The molecule has 0 heterocycles. The standard InChI is InChI=1S/C12H15BrF2O/c1-3-7(2)4-11(16)12-9(14)5-8(13)6-10(12)15/h5-7,11,16H,3-4H2,1-2H3. The van der Waals surface area contributed by atoms with Gasteiger partial charge in [0.2, 0.25) is 0 Å². The minimum Gasteiger partial charge on any atom is -0.388 e. The van der Waals surface area contributed by atoms with E-state index in [0.717, 1.165) is 18.6 Å². The van der Waals surface area contributed by atoms with Crippen molar-refractivity contribution in [1.82, 2.24) is 0 Å². The van der Waals surface area contributed by atoms with Crippen LogP contribution in [0.2, 0.25) is 0 Å². The largest absolute Gasteiger partial charge is 0.388 e. The first-order chi connectivity index (χ1) is 7.45. The lowest BCUT2D eigenvalue weighted by molar-refractivity contribution is 0.138. The topological polar surface area (TPSA) is 20.2 Å². The van der Waals surface area contributed by atoms with Gasteiger partial charge in [0.1, 0.15) is 11.6 Å². The van der Waals surface area contributed by atoms with Crippen LogP contribution < -0.4 is 0 Å². The minimum absolute atomic E-state index is 0.233. The Labute approximate surface area is 103 Å². The average molecular weight is 293 g/mol. The van der Waals surface area contributed by atoms with E-state index in [2.05, 4.69) is 15.9 Å². The summed E-state index contributed by atoms with van der Waals surface area (Å²) in [5.74, 6) is -1.18. The number of hydrogen-bond donors (Lipinski definition) is 1. The van der Waals surface area contributed by atoms with Gasteiger partial charge in [-0.3, -0.25) is 0 Å². The number of aliphatic hydroxyl groups excluding tert-OH is 1. The molecule has 1 nitrogen and oxygen atoms in total. The van der Waals surface area contributed by atoms with Gasteiger partial charge in [0.05, 0.1) is 11.7 Å². The van der Waals surface area contributed by atoms with Gasteiger partial charge in [0.25, 0.3) is 0 Å². The van der Waals surface area contributed by atoms with Gasteiger partial charge in [-0.1, -0.05) is 36.2 Å². The molecule has 1 aromatic carbocycles. The monoisotopic (exact) mass is 292 g/mol. The van der Waals surface area contributed by atoms with Crippen molar-refractivity contribution in [2.24, 2.45) is 5.92 Å². The van der Waals surface area contributed by atoms with Crippen LogP contribution in [-0.4, -0.2) is 5.11 Å². The smallest absolute Gasteiger partial charge is 0.133 e.